The molecule has 19 heavy (non-hydrogen) atoms. The van der Waals surface area contributed by atoms with Crippen molar-refractivity contribution in [1.82, 2.24) is 4.90 Å². The van der Waals surface area contributed by atoms with E-state index in [-0.39, 0.29) is 35.8 Å². The monoisotopic (exact) mass is 376 g/mol. The summed E-state index contributed by atoms with van der Waals surface area (Å²) in [5, 5.41) is 0. The first-order chi connectivity index (χ1) is 8.58. The third-order valence-corrected chi connectivity index (χ3v) is 2.70. The zero-order valence-electron chi connectivity index (χ0n) is 11.3. The summed E-state index contributed by atoms with van der Waals surface area (Å²) in [6, 6.07) is 7.34. The van der Waals surface area contributed by atoms with Crippen LogP contribution in [0.4, 0.5) is 0 Å². The van der Waals surface area contributed by atoms with Crippen LogP contribution in [0.1, 0.15) is 29.8 Å². The lowest BCUT2D eigenvalue weighted by Crippen LogP contribution is -2.30. The van der Waals surface area contributed by atoms with Crippen LogP contribution in [0.25, 0.3) is 0 Å². The smallest absolute Gasteiger partial charge is 0.253 e. The highest BCUT2D eigenvalue weighted by Gasteiger charge is 2.11. The highest BCUT2D eigenvalue weighted by Crippen LogP contribution is 2.08. The predicted octanol–water partition coefficient (Wildman–Crippen LogP) is 1.56. The second-order valence-corrected chi connectivity index (χ2v) is 3.92. The van der Waals surface area contributed by atoms with Crippen LogP contribution in [0.5, 0.6) is 0 Å². The SMILES string of the molecule is CCN(CC)C(=O)c1ccc(CN=C(N)N)cc1.I. The van der Waals surface area contributed by atoms with E-state index in [9.17, 15) is 4.79 Å². The minimum absolute atomic E-state index is 0. The third-order valence-electron chi connectivity index (χ3n) is 2.70. The van der Waals surface area contributed by atoms with Crippen molar-refractivity contribution in [2.45, 2.75) is 20.4 Å². The Morgan fingerprint density at radius 1 is 1.16 bits per heavy atom. The standard InChI is InChI=1S/C13H20N4O.HI/c1-3-17(4-2)12(18)11-7-5-10(6-8-11)9-16-13(14)15;/h5-8H,3-4,9H2,1-2H3,(H4,14,15,16);1H. The molecule has 0 saturated carbocycles. The van der Waals surface area contributed by atoms with E-state index in [1.54, 1.807) is 17.0 Å². The molecule has 1 amide bonds. The molecule has 1 rings (SSSR count). The van der Waals surface area contributed by atoms with Crippen molar-refractivity contribution < 1.29 is 4.79 Å². The highest BCUT2D eigenvalue weighted by atomic mass is 127. The van der Waals surface area contributed by atoms with Gasteiger partial charge in [0.15, 0.2) is 5.96 Å². The normalized spacial score (nSPS) is 9.37. The summed E-state index contributed by atoms with van der Waals surface area (Å²) in [6.45, 7) is 5.79. The Bertz CT molecular complexity index is 423. The summed E-state index contributed by atoms with van der Waals surface area (Å²) < 4.78 is 0. The summed E-state index contributed by atoms with van der Waals surface area (Å²) in [4.78, 5) is 17.7. The van der Waals surface area contributed by atoms with Gasteiger partial charge in [-0.25, -0.2) is 4.99 Å². The Morgan fingerprint density at radius 2 is 1.68 bits per heavy atom. The fourth-order valence-corrected chi connectivity index (χ4v) is 1.63. The number of nitrogens with two attached hydrogens (primary N) is 2. The molecule has 0 radical (unpaired) electrons. The second kappa shape index (κ2) is 8.73. The first-order valence-corrected chi connectivity index (χ1v) is 6.02. The maximum absolute atomic E-state index is 12.0. The number of benzene rings is 1. The van der Waals surface area contributed by atoms with Crippen molar-refractivity contribution in [2.75, 3.05) is 13.1 Å². The number of amides is 1. The number of halogens is 1. The van der Waals surface area contributed by atoms with Gasteiger partial charge in [0.25, 0.3) is 5.91 Å². The van der Waals surface area contributed by atoms with E-state index >= 15 is 0 Å². The lowest BCUT2D eigenvalue weighted by atomic mass is 10.1. The van der Waals surface area contributed by atoms with Crippen LogP contribution in [0.15, 0.2) is 29.3 Å². The van der Waals surface area contributed by atoms with Crippen LogP contribution in [-0.4, -0.2) is 29.9 Å². The second-order valence-electron chi connectivity index (χ2n) is 3.92. The summed E-state index contributed by atoms with van der Waals surface area (Å²) >= 11 is 0. The highest BCUT2D eigenvalue weighted by molar-refractivity contribution is 14.0. The Kier molecular flexibility index (Phi) is 8.13. The lowest BCUT2D eigenvalue weighted by Gasteiger charge is -2.18. The van der Waals surface area contributed by atoms with Gasteiger partial charge in [-0.1, -0.05) is 12.1 Å². The molecule has 0 atom stereocenters. The molecule has 6 heteroatoms. The third kappa shape index (κ3) is 5.46. The number of rotatable bonds is 5. The molecule has 0 aromatic heterocycles. The van der Waals surface area contributed by atoms with Crippen LogP contribution in [-0.2, 0) is 6.54 Å². The van der Waals surface area contributed by atoms with E-state index in [0.29, 0.717) is 25.2 Å². The molecular weight excluding hydrogens is 355 g/mol. The van der Waals surface area contributed by atoms with Gasteiger partial charge >= 0.3 is 0 Å². The van der Waals surface area contributed by atoms with Crippen molar-refractivity contribution in [3.05, 3.63) is 35.4 Å². The molecule has 5 nitrogen and oxygen atoms in total. The minimum atomic E-state index is 0. The minimum Gasteiger partial charge on any atom is -0.370 e. The van der Waals surface area contributed by atoms with Gasteiger partial charge in [-0.3, -0.25) is 4.79 Å². The van der Waals surface area contributed by atoms with E-state index < -0.39 is 0 Å². The fraction of sp³-hybridized carbons (Fsp3) is 0.385. The van der Waals surface area contributed by atoms with E-state index in [2.05, 4.69) is 4.99 Å². The van der Waals surface area contributed by atoms with Crippen molar-refractivity contribution in [3.63, 3.8) is 0 Å². The van der Waals surface area contributed by atoms with Crippen LogP contribution in [0.3, 0.4) is 0 Å². The van der Waals surface area contributed by atoms with Crippen molar-refractivity contribution >= 4 is 35.8 Å². The number of guanidine groups is 1. The summed E-state index contributed by atoms with van der Waals surface area (Å²) in [5.74, 6) is 0.117. The average molecular weight is 376 g/mol. The Labute approximate surface area is 131 Å². The first-order valence-electron chi connectivity index (χ1n) is 6.02. The van der Waals surface area contributed by atoms with E-state index in [4.69, 9.17) is 11.5 Å². The van der Waals surface area contributed by atoms with Gasteiger partial charge in [0.2, 0.25) is 0 Å². The average Bonchev–Trinajstić information content (AvgIpc) is 2.38. The molecule has 0 spiro atoms. The topological polar surface area (TPSA) is 84.7 Å². The summed E-state index contributed by atoms with van der Waals surface area (Å²) in [7, 11) is 0. The molecule has 1 aromatic rings. The van der Waals surface area contributed by atoms with E-state index in [1.807, 2.05) is 26.0 Å². The maximum Gasteiger partial charge on any atom is 0.253 e. The molecule has 0 aliphatic carbocycles. The van der Waals surface area contributed by atoms with E-state index in [1.165, 1.54) is 0 Å². The molecule has 0 unspecified atom stereocenters. The van der Waals surface area contributed by atoms with Crippen molar-refractivity contribution in [3.8, 4) is 0 Å². The molecule has 4 N–H and O–H groups in total. The van der Waals surface area contributed by atoms with Crippen LogP contribution >= 0.6 is 24.0 Å². The summed E-state index contributed by atoms with van der Waals surface area (Å²) in [5.41, 5.74) is 12.2. The molecule has 1 aromatic carbocycles. The van der Waals surface area contributed by atoms with Gasteiger partial charge in [0.05, 0.1) is 6.54 Å². The molecule has 0 heterocycles. The van der Waals surface area contributed by atoms with Gasteiger partial charge in [-0.05, 0) is 31.5 Å². The van der Waals surface area contributed by atoms with Gasteiger partial charge in [-0.15, -0.1) is 24.0 Å². The maximum atomic E-state index is 12.0. The molecule has 0 fully saturated rings. The number of carbonyl (C=O) groups is 1. The fourth-order valence-electron chi connectivity index (χ4n) is 1.63. The van der Waals surface area contributed by atoms with Gasteiger partial charge in [-0.2, -0.15) is 0 Å². The largest absolute Gasteiger partial charge is 0.370 e. The zero-order valence-corrected chi connectivity index (χ0v) is 13.6. The van der Waals surface area contributed by atoms with Gasteiger partial charge < -0.3 is 16.4 Å². The number of nitrogens with zero attached hydrogens (tertiary/aromatic N) is 2. The Balaban J connectivity index is 0.00000324. The number of hydrogen-bond donors (Lipinski definition) is 2. The zero-order chi connectivity index (χ0) is 13.5. The number of aliphatic imine (C=N–C) groups is 1. The molecule has 0 aliphatic rings. The van der Waals surface area contributed by atoms with Crippen LogP contribution in [0, 0.1) is 0 Å². The first kappa shape index (κ1) is 17.7. The lowest BCUT2D eigenvalue weighted by molar-refractivity contribution is 0.0773. The molecule has 0 aliphatic heterocycles. The van der Waals surface area contributed by atoms with Crippen LogP contribution < -0.4 is 11.5 Å². The molecule has 0 bridgehead atoms. The van der Waals surface area contributed by atoms with Crippen LogP contribution in [0.2, 0.25) is 0 Å². The van der Waals surface area contributed by atoms with Crippen molar-refractivity contribution in [1.29, 1.82) is 0 Å². The quantitative estimate of drug-likeness (QED) is 0.465. The predicted molar refractivity (Wildman–Crippen MR) is 88.6 cm³/mol. The van der Waals surface area contributed by atoms with E-state index in [0.717, 1.165) is 5.56 Å². The number of carbonyl (C=O) groups excluding carboxylic acids is 1. The molecule has 0 saturated heterocycles. The Hall–Kier alpha value is -1.31. The number of hydrogen-bond acceptors (Lipinski definition) is 2. The summed E-state index contributed by atoms with van der Waals surface area (Å²) in [6.07, 6.45) is 0. The molecular formula is C13H21IN4O. The molecule has 106 valence electrons. The van der Waals surface area contributed by atoms with Gasteiger partial charge in [0, 0.05) is 18.7 Å². The van der Waals surface area contributed by atoms with Gasteiger partial charge in [0.1, 0.15) is 0 Å². The Morgan fingerprint density at radius 3 is 2.11 bits per heavy atom. The van der Waals surface area contributed by atoms with Crippen molar-refractivity contribution in [2.24, 2.45) is 16.5 Å².